The molecule has 1 saturated carbocycles. The molecule has 1 aromatic heterocycles. The van der Waals surface area contributed by atoms with Crippen molar-refractivity contribution in [1.29, 1.82) is 0 Å². The number of imidazole rings is 1. The first-order valence-corrected chi connectivity index (χ1v) is 7.52. The lowest BCUT2D eigenvalue weighted by molar-refractivity contribution is 0.103. The highest BCUT2D eigenvalue weighted by atomic mass is 16.3. The first-order valence-electron chi connectivity index (χ1n) is 7.52. The fraction of sp³-hybridized carbons (Fsp3) is 0.800. The molecule has 0 bridgehead atoms. The van der Waals surface area contributed by atoms with Crippen molar-refractivity contribution in [2.24, 2.45) is 0 Å². The molecule has 0 radical (unpaired) electrons. The Balaban J connectivity index is 1.96. The summed E-state index contributed by atoms with van der Waals surface area (Å²) in [5, 5.41) is 10.4. The monoisotopic (exact) mass is 248 g/mol. The summed E-state index contributed by atoms with van der Waals surface area (Å²) in [5.41, 5.74) is 2.72. The van der Waals surface area contributed by atoms with Gasteiger partial charge in [0, 0.05) is 5.69 Å². The predicted octanol–water partition coefficient (Wildman–Crippen LogP) is 2.94. The molecule has 2 unspecified atom stereocenters. The van der Waals surface area contributed by atoms with Crippen LogP contribution < -0.4 is 0 Å². The number of aromatic nitrogens is 2. The number of aliphatic hydroxyl groups is 1. The fourth-order valence-corrected chi connectivity index (χ4v) is 3.71. The summed E-state index contributed by atoms with van der Waals surface area (Å²) in [6, 6.07) is 0.279. The van der Waals surface area contributed by atoms with E-state index in [2.05, 4.69) is 11.5 Å². The Bertz CT molecular complexity index is 424. The van der Waals surface area contributed by atoms with E-state index in [1.54, 1.807) is 0 Å². The van der Waals surface area contributed by atoms with E-state index in [1.807, 2.05) is 0 Å². The first kappa shape index (κ1) is 12.2. The van der Waals surface area contributed by atoms with E-state index < -0.39 is 0 Å². The summed E-state index contributed by atoms with van der Waals surface area (Å²) in [7, 11) is 0. The molecule has 0 spiro atoms. The van der Waals surface area contributed by atoms with Crippen LogP contribution in [-0.4, -0.2) is 20.8 Å². The smallest absolute Gasteiger partial charge is 0.106 e. The van der Waals surface area contributed by atoms with E-state index in [1.165, 1.54) is 43.5 Å². The molecule has 2 aliphatic rings. The van der Waals surface area contributed by atoms with Gasteiger partial charge in [0.05, 0.1) is 17.8 Å². The third-order valence-electron chi connectivity index (χ3n) is 4.62. The molecular weight excluding hydrogens is 224 g/mol. The van der Waals surface area contributed by atoms with Gasteiger partial charge in [-0.3, -0.25) is 0 Å². The van der Waals surface area contributed by atoms with Crippen molar-refractivity contribution in [3.63, 3.8) is 0 Å². The maximum absolute atomic E-state index is 10.4. The van der Waals surface area contributed by atoms with Gasteiger partial charge in [0.25, 0.3) is 0 Å². The Labute approximate surface area is 109 Å². The van der Waals surface area contributed by atoms with Crippen LogP contribution >= 0.6 is 0 Å². The van der Waals surface area contributed by atoms with E-state index in [0.29, 0.717) is 0 Å². The molecule has 100 valence electrons. The van der Waals surface area contributed by atoms with Crippen LogP contribution in [0.2, 0.25) is 0 Å². The Morgan fingerprint density at radius 2 is 1.83 bits per heavy atom. The average molecular weight is 248 g/mol. The van der Waals surface area contributed by atoms with Gasteiger partial charge in [-0.25, -0.2) is 4.98 Å². The van der Waals surface area contributed by atoms with E-state index >= 15 is 0 Å². The highest BCUT2D eigenvalue weighted by Crippen LogP contribution is 2.33. The van der Waals surface area contributed by atoms with Crippen molar-refractivity contribution in [2.75, 3.05) is 0 Å². The molecule has 18 heavy (non-hydrogen) atoms. The largest absolute Gasteiger partial charge is 0.391 e. The molecule has 2 atom stereocenters. The molecule has 3 rings (SSSR count). The second-order valence-corrected chi connectivity index (χ2v) is 5.90. The SMILES string of the molecule is Cc1nc2c(n1C1CCCCCC1O)CCCC2. The molecule has 0 aliphatic heterocycles. The first-order chi connectivity index (χ1) is 8.77. The molecule has 1 N–H and O–H groups in total. The Kier molecular flexibility index (Phi) is 3.42. The highest BCUT2D eigenvalue weighted by Gasteiger charge is 2.28. The van der Waals surface area contributed by atoms with E-state index in [9.17, 15) is 5.11 Å². The van der Waals surface area contributed by atoms with Gasteiger partial charge in [-0.1, -0.05) is 19.3 Å². The summed E-state index contributed by atoms with van der Waals surface area (Å²) in [6.07, 6.45) is 10.4. The van der Waals surface area contributed by atoms with Crippen LogP contribution in [0.1, 0.15) is 68.2 Å². The number of fused-ring (bicyclic) bond motifs is 1. The lowest BCUT2D eigenvalue weighted by Crippen LogP contribution is -2.26. The number of rotatable bonds is 1. The van der Waals surface area contributed by atoms with Crippen LogP contribution in [-0.2, 0) is 12.8 Å². The highest BCUT2D eigenvalue weighted by molar-refractivity contribution is 5.21. The van der Waals surface area contributed by atoms with E-state index in [4.69, 9.17) is 4.98 Å². The van der Waals surface area contributed by atoms with Crippen LogP contribution in [0, 0.1) is 6.92 Å². The van der Waals surface area contributed by atoms with E-state index in [0.717, 1.165) is 31.5 Å². The maximum atomic E-state index is 10.4. The second-order valence-electron chi connectivity index (χ2n) is 5.90. The Hall–Kier alpha value is -0.830. The summed E-state index contributed by atoms with van der Waals surface area (Å²) in [4.78, 5) is 4.74. The molecule has 1 fully saturated rings. The van der Waals surface area contributed by atoms with Crippen molar-refractivity contribution >= 4 is 0 Å². The van der Waals surface area contributed by atoms with Crippen LogP contribution in [0.4, 0.5) is 0 Å². The van der Waals surface area contributed by atoms with Gasteiger partial charge in [0.15, 0.2) is 0 Å². The Morgan fingerprint density at radius 3 is 2.72 bits per heavy atom. The lowest BCUT2D eigenvalue weighted by atomic mass is 9.99. The van der Waals surface area contributed by atoms with Gasteiger partial charge in [-0.05, 0) is 45.4 Å². The summed E-state index contributed by atoms with van der Waals surface area (Å²) >= 11 is 0. The van der Waals surface area contributed by atoms with Crippen LogP contribution in [0.3, 0.4) is 0 Å². The topological polar surface area (TPSA) is 38.0 Å². The van der Waals surface area contributed by atoms with Gasteiger partial charge in [0.1, 0.15) is 5.82 Å². The Morgan fingerprint density at radius 1 is 1.06 bits per heavy atom. The minimum absolute atomic E-state index is 0.175. The zero-order valence-electron chi connectivity index (χ0n) is 11.4. The third-order valence-corrected chi connectivity index (χ3v) is 4.62. The quantitative estimate of drug-likeness (QED) is 0.776. The number of aryl methyl sites for hydroxylation is 2. The average Bonchev–Trinajstić information content (AvgIpc) is 2.55. The van der Waals surface area contributed by atoms with Gasteiger partial charge >= 0.3 is 0 Å². The maximum Gasteiger partial charge on any atom is 0.106 e. The standard InChI is InChI=1S/C15H24N2O/c1-11-16-12-7-5-6-8-13(12)17(11)14-9-3-2-4-10-15(14)18/h14-15,18H,2-10H2,1H3. The van der Waals surface area contributed by atoms with Crippen molar-refractivity contribution in [3.8, 4) is 0 Å². The summed E-state index contributed by atoms with van der Waals surface area (Å²) in [6.45, 7) is 2.11. The van der Waals surface area contributed by atoms with Crippen LogP contribution in [0.5, 0.6) is 0 Å². The number of hydrogen-bond acceptors (Lipinski definition) is 2. The molecule has 1 heterocycles. The van der Waals surface area contributed by atoms with Crippen molar-refractivity contribution < 1.29 is 5.11 Å². The van der Waals surface area contributed by atoms with Gasteiger partial charge in [0.2, 0.25) is 0 Å². The van der Waals surface area contributed by atoms with Gasteiger partial charge in [-0.15, -0.1) is 0 Å². The lowest BCUT2D eigenvalue weighted by Gasteiger charge is -2.26. The molecule has 0 amide bonds. The zero-order chi connectivity index (χ0) is 12.5. The minimum atomic E-state index is -0.175. The fourth-order valence-electron chi connectivity index (χ4n) is 3.71. The molecule has 0 saturated heterocycles. The normalized spacial score (nSPS) is 28.8. The van der Waals surface area contributed by atoms with Gasteiger partial charge in [-0.2, -0.15) is 0 Å². The zero-order valence-corrected chi connectivity index (χ0v) is 11.4. The van der Waals surface area contributed by atoms with Crippen molar-refractivity contribution in [2.45, 2.75) is 76.9 Å². The number of hydrogen-bond donors (Lipinski definition) is 1. The molecule has 3 heteroatoms. The molecule has 3 nitrogen and oxygen atoms in total. The third kappa shape index (κ3) is 2.09. The molecular formula is C15H24N2O. The minimum Gasteiger partial charge on any atom is -0.391 e. The van der Waals surface area contributed by atoms with E-state index in [-0.39, 0.29) is 12.1 Å². The van der Waals surface area contributed by atoms with Crippen molar-refractivity contribution in [1.82, 2.24) is 9.55 Å². The molecule has 0 aromatic carbocycles. The number of nitrogens with zero attached hydrogens (tertiary/aromatic N) is 2. The second kappa shape index (κ2) is 5.04. The molecule has 1 aromatic rings. The summed E-state index contributed by atoms with van der Waals surface area (Å²) in [5.74, 6) is 1.12. The summed E-state index contributed by atoms with van der Waals surface area (Å²) < 4.78 is 2.38. The van der Waals surface area contributed by atoms with Crippen LogP contribution in [0.25, 0.3) is 0 Å². The number of aliphatic hydroxyl groups excluding tert-OH is 1. The molecule has 2 aliphatic carbocycles. The van der Waals surface area contributed by atoms with Crippen molar-refractivity contribution in [3.05, 3.63) is 17.2 Å². The van der Waals surface area contributed by atoms with Gasteiger partial charge < -0.3 is 9.67 Å². The van der Waals surface area contributed by atoms with Crippen LogP contribution in [0.15, 0.2) is 0 Å². The predicted molar refractivity (Wildman–Crippen MR) is 71.7 cm³/mol.